The predicted octanol–water partition coefficient (Wildman–Crippen LogP) is 3.63. The molecular formula is C16H36N2. The minimum absolute atomic E-state index is 0.748. The lowest BCUT2D eigenvalue weighted by Gasteiger charge is -2.28. The van der Waals surface area contributed by atoms with E-state index in [2.05, 4.69) is 51.8 Å². The maximum absolute atomic E-state index is 3.57. The first-order valence-corrected chi connectivity index (χ1v) is 7.96. The monoisotopic (exact) mass is 256 g/mol. The van der Waals surface area contributed by atoms with E-state index in [1.807, 2.05) is 0 Å². The maximum Gasteiger partial charge on any atom is 0.00191 e. The van der Waals surface area contributed by atoms with Gasteiger partial charge in [0.05, 0.1) is 0 Å². The van der Waals surface area contributed by atoms with Crippen LogP contribution in [0.25, 0.3) is 0 Å². The van der Waals surface area contributed by atoms with E-state index in [-0.39, 0.29) is 0 Å². The minimum Gasteiger partial charge on any atom is -0.316 e. The number of nitrogens with one attached hydrogen (secondary N) is 1. The first kappa shape index (κ1) is 17.9. The molecule has 0 saturated carbocycles. The Bertz CT molecular complexity index is 176. The van der Waals surface area contributed by atoms with Gasteiger partial charge >= 0.3 is 0 Å². The summed E-state index contributed by atoms with van der Waals surface area (Å²) in [4.78, 5) is 2.62. The molecule has 0 amide bonds. The molecule has 0 heterocycles. The van der Waals surface area contributed by atoms with Gasteiger partial charge in [0.15, 0.2) is 0 Å². The third-order valence-corrected chi connectivity index (χ3v) is 3.73. The molecule has 2 heteroatoms. The van der Waals surface area contributed by atoms with Crippen LogP contribution in [0, 0.1) is 17.8 Å². The Balaban J connectivity index is 3.88. The zero-order chi connectivity index (χ0) is 14.0. The summed E-state index contributed by atoms with van der Waals surface area (Å²) in [5.74, 6) is 2.38. The molecule has 0 bridgehead atoms. The highest BCUT2D eigenvalue weighted by Crippen LogP contribution is 2.11. The van der Waals surface area contributed by atoms with Crippen molar-refractivity contribution in [2.24, 2.45) is 17.8 Å². The van der Waals surface area contributed by atoms with E-state index >= 15 is 0 Å². The number of nitrogens with zero attached hydrogens (tertiary/aromatic N) is 1. The molecule has 110 valence electrons. The Morgan fingerprint density at radius 1 is 0.889 bits per heavy atom. The maximum atomic E-state index is 3.57. The summed E-state index contributed by atoms with van der Waals surface area (Å²) in [7, 11) is 0. The normalized spacial score (nSPS) is 13.8. The summed E-state index contributed by atoms with van der Waals surface area (Å²) >= 11 is 0. The summed E-state index contributed by atoms with van der Waals surface area (Å²) in [5.41, 5.74) is 0. The van der Waals surface area contributed by atoms with E-state index in [4.69, 9.17) is 0 Å². The Morgan fingerprint density at radius 2 is 1.50 bits per heavy atom. The van der Waals surface area contributed by atoms with Crippen LogP contribution in [0.4, 0.5) is 0 Å². The van der Waals surface area contributed by atoms with Crippen molar-refractivity contribution in [2.45, 2.75) is 54.4 Å². The van der Waals surface area contributed by atoms with E-state index in [9.17, 15) is 0 Å². The van der Waals surface area contributed by atoms with Crippen molar-refractivity contribution in [1.29, 1.82) is 0 Å². The molecule has 1 unspecified atom stereocenters. The molecule has 1 atom stereocenters. The number of rotatable bonds is 11. The molecule has 1 N–H and O–H groups in total. The second-order valence-corrected chi connectivity index (χ2v) is 6.19. The predicted molar refractivity (Wildman–Crippen MR) is 83.1 cm³/mol. The van der Waals surface area contributed by atoms with Crippen LogP contribution in [0.5, 0.6) is 0 Å². The van der Waals surface area contributed by atoms with E-state index in [0.717, 1.165) is 30.8 Å². The molecule has 0 saturated heterocycles. The average Bonchev–Trinajstić information content (AvgIpc) is 2.33. The zero-order valence-corrected chi connectivity index (χ0v) is 13.6. The fraction of sp³-hybridized carbons (Fsp3) is 1.00. The van der Waals surface area contributed by atoms with Crippen molar-refractivity contribution in [3.05, 3.63) is 0 Å². The Labute approximate surface area is 116 Å². The van der Waals surface area contributed by atoms with Gasteiger partial charge < -0.3 is 10.2 Å². The van der Waals surface area contributed by atoms with Crippen LogP contribution < -0.4 is 5.32 Å². The highest BCUT2D eigenvalue weighted by Gasteiger charge is 2.12. The van der Waals surface area contributed by atoms with Gasteiger partial charge in [-0.2, -0.15) is 0 Å². The van der Waals surface area contributed by atoms with E-state index in [1.165, 1.54) is 32.5 Å². The largest absolute Gasteiger partial charge is 0.316 e. The Kier molecular flexibility index (Phi) is 10.8. The van der Waals surface area contributed by atoms with Gasteiger partial charge in [-0.15, -0.1) is 0 Å². The molecule has 0 aromatic heterocycles. The highest BCUT2D eigenvalue weighted by molar-refractivity contribution is 4.68. The summed E-state index contributed by atoms with van der Waals surface area (Å²) in [5, 5.41) is 3.57. The lowest BCUT2D eigenvalue weighted by Crippen LogP contribution is -2.36. The molecule has 0 aliphatic heterocycles. The molecule has 0 fully saturated rings. The molecule has 0 aliphatic rings. The highest BCUT2D eigenvalue weighted by atomic mass is 15.1. The molecule has 0 aromatic carbocycles. The molecule has 0 aliphatic carbocycles. The fourth-order valence-electron chi connectivity index (χ4n) is 2.37. The summed E-state index contributed by atoms with van der Waals surface area (Å²) in [6.45, 7) is 19.8. The van der Waals surface area contributed by atoms with Crippen molar-refractivity contribution < 1.29 is 0 Å². The first-order valence-electron chi connectivity index (χ1n) is 7.96. The Morgan fingerprint density at radius 3 is 1.94 bits per heavy atom. The molecule has 18 heavy (non-hydrogen) atoms. The van der Waals surface area contributed by atoms with E-state index in [0.29, 0.717) is 0 Å². The average molecular weight is 256 g/mol. The van der Waals surface area contributed by atoms with E-state index < -0.39 is 0 Å². The summed E-state index contributed by atoms with van der Waals surface area (Å²) in [6, 6.07) is 0. The molecule has 0 spiro atoms. The SMILES string of the molecule is CCC(CC)CN(CC)CC(C)CNCC(C)C. The second-order valence-electron chi connectivity index (χ2n) is 6.19. The van der Waals surface area contributed by atoms with Crippen molar-refractivity contribution in [2.75, 3.05) is 32.7 Å². The van der Waals surface area contributed by atoms with Crippen LogP contribution in [0.3, 0.4) is 0 Å². The van der Waals surface area contributed by atoms with Crippen LogP contribution in [-0.2, 0) is 0 Å². The lowest BCUT2D eigenvalue weighted by atomic mass is 10.0. The third kappa shape index (κ3) is 8.93. The molecule has 0 rings (SSSR count). The van der Waals surface area contributed by atoms with Crippen LogP contribution in [0.1, 0.15) is 54.4 Å². The minimum atomic E-state index is 0.748. The van der Waals surface area contributed by atoms with Crippen LogP contribution in [-0.4, -0.2) is 37.6 Å². The third-order valence-electron chi connectivity index (χ3n) is 3.73. The van der Waals surface area contributed by atoms with Crippen molar-refractivity contribution in [3.8, 4) is 0 Å². The van der Waals surface area contributed by atoms with Gasteiger partial charge in [0.25, 0.3) is 0 Å². The quantitative estimate of drug-likeness (QED) is 0.607. The summed E-state index contributed by atoms with van der Waals surface area (Å²) in [6.07, 6.45) is 2.62. The molecule has 2 nitrogen and oxygen atoms in total. The number of hydrogen-bond acceptors (Lipinski definition) is 2. The van der Waals surface area contributed by atoms with Crippen molar-refractivity contribution in [3.63, 3.8) is 0 Å². The fourth-order valence-corrected chi connectivity index (χ4v) is 2.37. The van der Waals surface area contributed by atoms with Crippen molar-refractivity contribution >= 4 is 0 Å². The van der Waals surface area contributed by atoms with E-state index in [1.54, 1.807) is 0 Å². The van der Waals surface area contributed by atoms with Gasteiger partial charge in [0, 0.05) is 13.1 Å². The molecule has 0 radical (unpaired) electrons. The van der Waals surface area contributed by atoms with Crippen molar-refractivity contribution in [1.82, 2.24) is 10.2 Å². The second kappa shape index (κ2) is 10.8. The Hall–Kier alpha value is -0.0800. The van der Waals surface area contributed by atoms with Gasteiger partial charge in [-0.3, -0.25) is 0 Å². The first-order chi connectivity index (χ1) is 8.53. The van der Waals surface area contributed by atoms with Crippen LogP contribution in [0.2, 0.25) is 0 Å². The van der Waals surface area contributed by atoms with Crippen LogP contribution in [0.15, 0.2) is 0 Å². The number of hydrogen-bond donors (Lipinski definition) is 1. The van der Waals surface area contributed by atoms with Gasteiger partial charge in [-0.25, -0.2) is 0 Å². The van der Waals surface area contributed by atoms with Gasteiger partial charge in [-0.1, -0.05) is 54.4 Å². The lowest BCUT2D eigenvalue weighted by molar-refractivity contribution is 0.204. The smallest absolute Gasteiger partial charge is 0.00191 e. The van der Waals surface area contributed by atoms with Gasteiger partial charge in [0.1, 0.15) is 0 Å². The molecular weight excluding hydrogens is 220 g/mol. The zero-order valence-electron chi connectivity index (χ0n) is 13.6. The molecule has 0 aromatic rings. The van der Waals surface area contributed by atoms with Crippen LogP contribution >= 0.6 is 0 Å². The summed E-state index contributed by atoms with van der Waals surface area (Å²) < 4.78 is 0. The van der Waals surface area contributed by atoms with Gasteiger partial charge in [0.2, 0.25) is 0 Å². The topological polar surface area (TPSA) is 15.3 Å². The standard InChI is InChI=1S/C16H36N2/c1-7-16(8-2)13-18(9-3)12-15(6)11-17-10-14(4)5/h14-17H,7-13H2,1-6H3. The van der Waals surface area contributed by atoms with Gasteiger partial charge in [-0.05, 0) is 37.4 Å².